The summed E-state index contributed by atoms with van der Waals surface area (Å²) in [6.07, 6.45) is 4.28. The van der Waals surface area contributed by atoms with Crippen LogP contribution < -0.4 is 5.32 Å². The van der Waals surface area contributed by atoms with E-state index in [1.54, 1.807) is 0 Å². The number of carbonyl (C=O) groups is 1. The Labute approximate surface area is 120 Å². The molecule has 2 bridgehead atoms. The van der Waals surface area contributed by atoms with Crippen molar-refractivity contribution in [1.29, 1.82) is 0 Å². The Balaban J connectivity index is 1.19. The van der Waals surface area contributed by atoms with Crippen LogP contribution in [0.1, 0.15) is 19.3 Å². The van der Waals surface area contributed by atoms with E-state index in [4.69, 9.17) is 0 Å². The van der Waals surface area contributed by atoms with Gasteiger partial charge in [-0.05, 0) is 42.9 Å². The highest BCUT2D eigenvalue weighted by Crippen LogP contribution is 2.69. The van der Waals surface area contributed by atoms with Crippen molar-refractivity contribution in [2.45, 2.75) is 25.3 Å². The normalized spacial score (nSPS) is 47.2. The van der Waals surface area contributed by atoms with Gasteiger partial charge in [0.1, 0.15) is 0 Å². The first-order valence-electron chi connectivity index (χ1n) is 8.56. The molecule has 2 saturated heterocycles. The second-order valence-electron chi connectivity index (χ2n) is 7.69. The van der Waals surface area contributed by atoms with Crippen molar-refractivity contribution in [3.8, 4) is 0 Å². The van der Waals surface area contributed by atoms with Crippen LogP contribution in [0.5, 0.6) is 0 Å². The van der Waals surface area contributed by atoms with Crippen molar-refractivity contribution >= 4 is 5.91 Å². The van der Waals surface area contributed by atoms with Crippen molar-refractivity contribution < 1.29 is 4.79 Å². The first-order valence-corrected chi connectivity index (χ1v) is 8.56. The zero-order valence-corrected chi connectivity index (χ0v) is 12.1. The molecule has 2 aliphatic heterocycles. The summed E-state index contributed by atoms with van der Waals surface area (Å²) < 4.78 is 0. The smallest absolute Gasteiger partial charge is 0.226 e. The average molecular weight is 275 g/mol. The fourth-order valence-corrected chi connectivity index (χ4v) is 5.71. The first kappa shape index (κ1) is 12.0. The maximum Gasteiger partial charge on any atom is 0.226 e. The Kier molecular flexibility index (Phi) is 2.52. The van der Waals surface area contributed by atoms with Gasteiger partial charge in [-0.2, -0.15) is 0 Å². The quantitative estimate of drug-likeness (QED) is 0.792. The number of nitrogens with zero attached hydrogens (tertiary/aromatic N) is 2. The highest BCUT2D eigenvalue weighted by atomic mass is 16.2. The summed E-state index contributed by atoms with van der Waals surface area (Å²) in [5.74, 6) is 4.40. The predicted molar refractivity (Wildman–Crippen MR) is 76.1 cm³/mol. The van der Waals surface area contributed by atoms with E-state index in [2.05, 4.69) is 15.1 Å². The molecule has 110 valence electrons. The molecule has 5 aliphatic rings. The molecule has 5 rings (SSSR count). The Morgan fingerprint density at radius 1 is 0.950 bits per heavy atom. The summed E-state index contributed by atoms with van der Waals surface area (Å²) in [5, 5.41) is 3.34. The fourth-order valence-electron chi connectivity index (χ4n) is 5.71. The van der Waals surface area contributed by atoms with E-state index >= 15 is 0 Å². The standard InChI is InChI=1S/C16H25N3O/c20-16(15-13-10-1-2-11(7-10)14(13)15)19-5-3-18(4-6-19)12-8-17-9-12/h10-15,17H,1-9H2. The molecule has 1 amide bonds. The molecule has 0 spiro atoms. The second-order valence-corrected chi connectivity index (χ2v) is 7.69. The molecule has 3 aliphatic carbocycles. The van der Waals surface area contributed by atoms with E-state index in [9.17, 15) is 4.79 Å². The van der Waals surface area contributed by atoms with Gasteiger partial charge >= 0.3 is 0 Å². The third-order valence-electron chi connectivity index (χ3n) is 6.92. The number of amides is 1. The van der Waals surface area contributed by atoms with Gasteiger partial charge in [0.25, 0.3) is 0 Å². The predicted octanol–water partition coefficient (Wildman–Crippen LogP) is 0.395. The first-order chi connectivity index (χ1) is 9.83. The Bertz CT molecular complexity index is 411. The van der Waals surface area contributed by atoms with Crippen LogP contribution in [0, 0.1) is 29.6 Å². The Morgan fingerprint density at radius 3 is 2.15 bits per heavy atom. The van der Waals surface area contributed by atoms with E-state index in [0.717, 1.165) is 69.0 Å². The minimum atomic E-state index is 0.443. The van der Waals surface area contributed by atoms with Crippen molar-refractivity contribution in [2.24, 2.45) is 29.6 Å². The molecule has 20 heavy (non-hydrogen) atoms. The number of hydrogen-bond acceptors (Lipinski definition) is 3. The molecule has 4 heteroatoms. The lowest BCUT2D eigenvalue weighted by Gasteiger charge is -2.43. The number of fused-ring (bicyclic) bond motifs is 5. The van der Waals surface area contributed by atoms with Crippen molar-refractivity contribution in [3.05, 3.63) is 0 Å². The lowest BCUT2D eigenvalue weighted by Crippen LogP contribution is -2.62. The van der Waals surface area contributed by atoms with Gasteiger partial charge in [0.05, 0.1) is 0 Å². The van der Waals surface area contributed by atoms with Gasteiger partial charge in [-0.3, -0.25) is 9.69 Å². The van der Waals surface area contributed by atoms with E-state index in [0.29, 0.717) is 11.8 Å². The molecule has 1 N–H and O–H groups in total. The summed E-state index contributed by atoms with van der Waals surface area (Å²) in [5.41, 5.74) is 0. The highest BCUT2D eigenvalue weighted by Gasteiger charge is 2.68. The minimum Gasteiger partial charge on any atom is -0.340 e. The molecular weight excluding hydrogens is 250 g/mol. The van der Waals surface area contributed by atoms with Crippen molar-refractivity contribution in [2.75, 3.05) is 39.3 Å². The van der Waals surface area contributed by atoms with Gasteiger partial charge in [0.2, 0.25) is 5.91 Å². The number of carbonyl (C=O) groups excluding carboxylic acids is 1. The molecule has 0 aromatic rings. The van der Waals surface area contributed by atoms with Crippen LogP contribution in [0.4, 0.5) is 0 Å². The topological polar surface area (TPSA) is 35.6 Å². The third kappa shape index (κ3) is 1.58. The van der Waals surface area contributed by atoms with Crippen LogP contribution in [0.3, 0.4) is 0 Å². The molecule has 0 aromatic heterocycles. The van der Waals surface area contributed by atoms with E-state index in [1.165, 1.54) is 19.3 Å². The number of piperazine rings is 1. The van der Waals surface area contributed by atoms with Crippen LogP contribution in [0.2, 0.25) is 0 Å². The third-order valence-corrected chi connectivity index (χ3v) is 6.92. The molecule has 0 aromatic carbocycles. The largest absolute Gasteiger partial charge is 0.340 e. The van der Waals surface area contributed by atoms with Crippen LogP contribution >= 0.6 is 0 Å². The molecule has 0 radical (unpaired) electrons. The summed E-state index contributed by atoms with van der Waals surface area (Å²) >= 11 is 0. The lowest BCUT2D eigenvalue weighted by atomic mass is 10.0. The number of hydrogen-bond donors (Lipinski definition) is 1. The summed E-state index contributed by atoms with van der Waals surface area (Å²) in [7, 11) is 0. The molecular formula is C16H25N3O. The Hall–Kier alpha value is -0.610. The summed E-state index contributed by atoms with van der Waals surface area (Å²) in [6, 6.07) is 0.739. The minimum absolute atomic E-state index is 0.443. The zero-order valence-electron chi connectivity index (χ0n) is 12.1. The molecule has 4 atom stereocenters. The van der Waals surface area contributed by atoms with Crippen molar-refractivity contribution in [3.63, 3.8) is 0 Å². The van der Waals surface area contributed by atoms with Crippen molar-refractivity contribution in [1.82, 2.24) is 15.1 Å². The van der Waals surface area contributed by atoms with Crippen LogP contribution in [-0.4, -0.2) is 61.0 Å². The summed E-state index contributed by atoms with van der Waals surface area (Å²) in [6.45, 7) is 6.41. The SMILES string of the molecule is O=C(C1C2C3CCC(C3)C12)N1CCN(C2CNC2)CC1. The molecule has 4 nitrogen and oxygen atoms in total. The molecule has 5 fully saturated rings. The number of nitrogens with one attached hydrogen (secondary N) is 1. The molecule has 3 saturated carbocycles. The lowest BCUT2D eigenvalue weighted by molar-refractivity contribution is -0.135. The average Bonchev–Trinajstić information content (AvgIpc) is 2.84. The monoisotopic (exact) mass is 275 g/mol. The van der Waals surface area contributed by atoms with Gasteiger partial charge in [-0.1, -0.05) is 0 Å². The van der Waals surface area contributed by atoms with E-state index in [1.807, 2.05) is 0 Å². The molecule has 2 heterocycles. The van der Waals surface area contributed by atoms with Gasteiger partial charge in [-0.15, -0.1) is 0 Å². The Morgan fingerprint density at radius 2 is 1.60 bits per heavy atom. The highest BCUT2D eigenvalue weighted by molar-refractivity contribution is 5.83. The van der Waals surface area contributed by atoms with Gasteiger partial charge in [0.15, 0.2) is 0 Å². The zero-order chi connectivity index (χ0) is 13.3. The summed E-state index contributed by atoms with van der Waals surface area (Å²) in [4.78, 5) is 17.5. The van der Waals surface area contributed by atoms with Crippen LogP contribution in [0.15, 0.2) is 0 Å². The number of rotatable bonds is 2. The maximum atomic E-state index is 12.7. The second kappa shape index (κ2) is 4.20. The van der Waals surface area contributed by atoms with Crippen LogP contribution in [-0.2, 0) is 4.79 Å². The van der Waals surface area contributed by atoms with Gasteiger partial charge in [-0.25, -0.2) is 0 Å². The van der Waals surface area contributed by atoms with Gasteiger partial charge < -0.3 is 10.2 Å². The van der Waals surface area contributed by atoms with E-state index in [-0.39, 0.29) is 0 Å². The van der Waals surface area contributed by atoms with E-state index < -0.39 is 0 Å². The molecule has 4 unspecified atom stereocenters. The fraction of sp³-hybridized carbons (Fsp3) is 0.938. The maximum absolute atomic E-state index is 12.7. The van der Waals surface area contributed by atoms with Gasteiger partial charge in [0, 0.05) is 51.2 Å². The van der Waals surface area contributed by atoms with Crippen LogP contribution in [0.25, 0.3) is 0 Å².